The lowest BCUT2D eigenvalue weighted by molar-refractivity contribution is 0.0727. The van der Waals surface area contributed by atoms with Crippen molar-refractivity contribution in [1.29, 1.82) is 0 Å². The Labute approximate surface area is 138 Å². The molecule has 1 aliphatic rings. The maximum atomic E-state index is 12.6. The highest BCUT2D eigenvalue weighted by atomic mass is 35.5. The molecule has 7 heteroatoms. The number of carbonyl (C=O) groups excluding carboxylic acids is 1. The Balaban J connectivity index is 1.84. The number of halogens is 1. The number of aromatic nitrogens is 2. The zero-order chi connectivity index (χ0) is 16.8. The van der Waals surface area contributed by atoms with Gasteiger partial charge in [-0.1, -0.05) is 32.4 Å². The van der Waals surface area contributed by atoms with Crippen LogP contribution in [0.4, 0.5) is 0 Å². The van der Waals surface area contributed by atoms with Crippen molar-refractivity contribution < 1.29 is 9.21 Å². The van der Waals surface area contributed by atoms with Crippen LogP contribution in [0.25, 0.3) is 0 Å². The van der Waals surface area contributed by atoms with Crippen LogP contribution in [0.15, 0.2) is 21.5 Å². The molecule has 122 valence electrons. The van der Waals surface area contributed by atoms with Gasteiger partial charge >= 0.3 is 0 Å². The summed E-state index contributed by atoms with van der Waals surface area (Å²) in [7, 11) is 0. The second-order valence-corrected chi connectivity index (χ2v) is 7.09. The molecule has 2 aromatic rings. The van der Waals surface area contributed by atoms with E-state index in [4.69, 9.17) is 16.0 Å². The number of amides is 1. The number of hydrogen-bond acceptors (Lipinski definition) is 4. The molecule has 0 bridgehead atoms. The van der Waals surface area contributed by atoms with Crippen molar-refractivity contribution >= 4 is 17.5 Å². The maximum absolute atomic E-state index is 12.6. The molecule has 0 aliphatic carbocycles. The fourth-order valence-corrected chi connectivity index (χ4v) is 2.63. The Kier molecular flexibility index (Phi) is 3.80. The number of carbonyl (C=O) groups is 1. The van der Waals surface area contributed by atoms with Crippen molar-refractivity contribution in [3.05, 3.63) is 50.5 Å². The molecule has 6 nitrogen and oxygen atoms in total. The maximum Gasteiger partial charge on any atom is 0.266 e. The molecule has 0 aromatic carbocycles. The summed E-state index contributed by atoms with van der Waals surface area (Å²) in [4.78, 5) is 32.5. The van der Waals surface area contributed by atoms with E-state index in [1.165, 1.54) is 12.3 Å². The Bertz CT molecular complexity index is 817. The van der Waals surface area contributed by atoms with Crippen molar-refractivity contribution in [2.24, 2.45) is 0 Å². The van der Waals surface area contributed by atoms with Crippen LogP contribution in [0.1, 0.15) is 48.5 Å². The number of fused-ring (bicyclic) bond motifs is 1. The SMILES string of the molecule is CC(C)(C)c1nc2c(o1)CCN(C(=O)c1c[nH]c(=O)c(Cl)c1)C2. The van der Waals surface area contributed by atoms with Crippen LogP contribution in [-0.2, 0) is 18.4 Å². The molecular weight excluding hydrogens is 318 g/mol. The number of aromatic amines is 1. The molecule has 0 atom stereocenters. The second kappa shape index (κ2) is 5.53. The van der Waals surface area contributed by atoms with E-state index in [1.807, 2.05) is 20.8 Å². The van der Waals surface area contributed by atoms with Gasteiger partial charge in [0.05, 0.1) is 12.1 Å². The van der Waals surface area contributed by atoms with Crippen LogP contribution in [0.2, 0.25) is 5.02 Å². The first-order valence-electron chi connectivity index (χ1n) is 7.42. The van der Waals surface area contributed by atoms with Crippen LogP contribution in [0.5, 0.6) is 0 Å². The highest BCUT2D eigenvalue weighted by Gasteiger charge is 2.29. The molecule has 0 radical (unpaired) electrons. The Morgan fingerprint density at radius 1 is 1.43 bits per heavy atom. The number of rotatable bonds is 1. The first-order valence-corrected chi connectivity index (χ1v) is 7.80. The number of hydrogen-bond donors (Lipinski definition) is 1. The molecule has 1 amide bonds. The summed E-state index contributed by atoms with van der Waals surface area (Å²) >= 11 is 5.79. The van der Waals surface area contributed by atoms with Crippen LogP contribution >= 0.6 is 11.6 Å². The minimum absolute atomic E-state index is 0.00463. The summed E-state index contributed by atoms with van der Waals surface area (Å²) in [5.74, 6) is 1.34. The van der Waals surface area contributed by atoms with Crippen LogP contribution in [0, 0.1) is 0 Å². The van der Waals surface area contributed by atoms with Gasteiger partial charge in [0.25, 0.3) is 11.5 Å². The van der Waals surface area contributed by atoms with Gasteiger partial charge in [0.2, 0.25) is 0 Å². The van der Waals surface area contributed by atoms with Gasteiger partial charge < -0.3 is 14.3 Å². The summed E-state index contributed by atoms with van der Waals surface area (Å²) in [6.07, 6.45) is 2.01. The fourth-order valence-electron chi connectivity index (χ4n) is 2.45. The normalized spacial score (nSPS) is 14.7. The molecule has 1 N–H and O–H groups in total. The van der Waals surface area contributed by atoms with E-state index in [-0.39, 0.29) is 16.3 Å². The summed E-state index contributed by atoms with van der Waals surface area (Å²) in [6.45, 7) is 7.05. The van der Waals surface area contributed by atoms with Crippen molar-refractivity contribution in [2.45, 2.75) is 39.2 Å². The van der Waals surface area contributed by atoms with Gasteiger partial charge in [-0.2, -0.15) is 0 Å². The lowest BCUT2D eigenvalue weighted by atomic mass is 9.97. The zero-order valence-corrected chi connectivity index (χ0v) is 14.0. The second-order valence-electron chi connectivity index (χ2n) is 6.68. The predicted octanol–water partition coefficient (Wildman–Crippen LogP) is 2.51. The summed E-state index contributed by atoms with van der Waals surface area (Å²) < 4.78 is 5.82. The van der Waals surface area contributed by atoms with E-state index in [9.17, 15) is 9.59 Å². The Morgan fingerprint density at radius 2 is 2.17 bits per heavy atom. The van der Waals surface area contributed by atoms with Gasteiger partial charge in [-0.05, 0) is 6.07 Å². The number of oxazole rings is 1. The Morgan fingerprint density at radius 3 is 2.83 bits per heavy atom. The first kappa shape index (κ1) is 15.8. The zero-order valence-electron chi connectivity index (χ0n) is 13.3. The standard InChI is InChI=1S/C16H18ClN3O3/c1-16(2,3)15-19-11-8-20(5-4-12(11)23-15)14(22)9-6-10(17)13(21)18-7-9/h6-7H,4-5,8H2,1-3H3,(H,18,21). The van der Waals surface area contributed by atoms with Crippen molar-refractivity contribution in [3.8, 4) is 0 Å². The van der Waals surface area contributed by atoms with Crippen molar-refractivity contribution in [2.75, 3.05) is 6.54 Å². The largest absolute Gasteiger partial charge is 0.445 e. The lowest BCUT2D eigenvalue weighted by Gasteiger charge is -2.25. The quantitative estimate of drug-likeness (QED) is 0.868. The predicted molar refractivity (Wildman–Crippen MR) is 85.7 cm³/mol. The van der Waals surface area contributed by atoms with Gasteiger partial charge in [0, 0.05) is 24.6 Å². The monoisotopic (exact) mass is 335 g/mol. The molecule has 3 rings (SSSR count). The highest BCUT2D eigenvalue weighted by Crippen LogP contribution is 2.27. The number of nitrogens with zero attached hydrogens (tertiary/aromatic N) is 2. The number of H-pyrrole nitrogens is 1. The van der Waals surface area contributed by atoms with Gasteiger partial charge in [-0.3, -0.25) is 9.59 Å². The first-order chi connectivity index (χ1) is 10.8. The van der Waals surface area contributed by atoms with Crippen LogP contribution in [-0.4, -0.2) is 27.3 Å². The molecule has 0 unspecified atom stereocenters. The molecule has 23 heavy (non-hydrogen) atoms. The lowest BCUT2D eigenvalue weighted by Crippen LogP contribution is -2.36. The average molecular weight is 336 g/mol. The summed E-state index contributed by atoms with van der Waals surface area (Å²) in [6, 6.07) is 1.39. The highest BCUT2D eigenvalue weighted by molar-refractivity contribution is 6.30. The van der Waals surface area contributed by atoms with Gasteiger partial charge in [0.15, 0.2) is 5.89 Å². The van der Waals surface area contributed by atoms with E-state index in [1.54, 1.807) is 4.90 Å². The topological polar surface area (TPSA) is 79.2 Å². The van der Waals surface area contributed by atoms with Crippen LogP contribution in [0.3, 0.4) is 0 Å². The number of pyridine rings is 1. The van der Waals surface area contributed by atoms with Crippen LogP contribution < -0.4 is 5.56 Å². The third-order valence-electron chi connectivity index (χ3n) is 3.76. The smallest absolute Gasteiger partial charge is 0.266 e. The van der Waals surface area contributed by atoms with Crippen molar-refractivity contribution in [1.82, 2.24) is 14.9 Å². The van der Waals surface area contributed by atoms with E-state index in [0.29, 0.717) is 31.0 Å². The average Bonchev–Trinajstić information content (AvgIpc) is 2.92. The minimum atomic E-state index is -0.407. The van der Waals surface area contributed by atoms with E-state index in [2.05, 4.69) is 9.97 Å². The molecule has 0 fully saturated rings. The third-order valence-corrected chi connectivity index (χ3v) is 4.04. The number of nitrogens with one attached hydrogen (secondary N) is 1. The van der Waals surface area contributed by atoms with Crippen molar-refractivity contribution in [3.63, 3.8) is 0 Å². The summed E-state index contributed by atoms with van der Waals surface area (Å²) in [5.41, 5.74) is 0.580. The van der Waals surface area contributed by atoms with E-state index >= 15 is 0 Å². The molecule has 1 aliphatic heterocycles. The molecular formula is C16H18ClN3O3. The molecule has 3 heterocycles. The van der Waals surface area contributed by atoms with E-state index in [0.717, 1.165) is 11.5 Å². The third kappa shape index (κ3) is 3.03. The summed E-state index contributed by atoms with van der Waals surface area (Å²) in [5, 5.41) is 0.00463. The molecule has 0 saturated carbocycles. The minimum Gasteiger partial charge on any atom is -0.445 e. The van der Waals surface area contributed by atoms with Gasteiger partial charge in [0.1, 0.15) is 16.5 Å². The fraction of sp³-hybridized carbons (Fsp3) is 0.438. The molecule has 0 spiro atoms. The Hall–Kier alpha value is -2.08. The molecule has 0 saturated heterocycles. The molecule has 2 aromatic heterocycles. The van der Waals surface area contributed by atoms with Gasteiger partial charge in [-0.15, -0.1) is 0 Å². The van der Waals surface area contributed by atoms with Gasteiger partial charge in [-0.25, -0.2) is 4.98 Å². The van der Waals surface area contributed by atoms with E-state index < -0.39 is 5.56 Å².